The minimum Gasteiger partial charge on any atom is -0.481 e. The van der Waals surface area contributed by atoms with E-state index in [0.717, 1.165) is 0 Å². The topological polar surface area (TPSA) is 167 Å². The van der Waals surface area contributed by atoms with Gasteiger partial charge in [0, 0.05) is 6.42 Å². The number of nitrogens with two attached hydrogens (primary N) is 1. The molecule has 2 atom stereocenters. The predicted octanol–water partition coefficient (Wildman–Crippen LogP) is -2.69. The molecule has 0 rings (SSSR count). The zero-order valence-corrected chi connectivity index (χ0v) is 9.33. The van der Waals surface area contributed by atoms with Crippen LogP contribution in [0.3, 0.4) is 0 Å². The number of amides is 1. The first kappa shape index (κ1) is 16.0. The van der Waals surface area contributed by atoms with E-state index in [1.807, 2.05) is 5.32 Å². The van der Waals surface area contributed by atoms with Crippen LogP contribution in [-0.2, 0) is 19.2 Å². The summed E-state index contributed by atoms with van der Waals surface area (Å²) in [6.07, 6.45) is -1.26. The first-order chi connectivity index (χ1) is 8.27. The van der Waals surface area contributed by atoms with E-state index in [2.05, 4.69) is 0 Å². The molecule has 0 aliphatic carbocycles. The van der Waals surface area contributed by atoms with Crippen LogP contribution in [0.5, 0.6) is 0 Å². The number of rotatable bonds is 8. The molecule has 0 aliphatic rings. The maximum Gasteiger partial charge on any atom is 0.326 e. The summed E-state index contributed by atoms with van der Waals surface area (Å²) in [5.41, 5.74) is 5.29. The van der Waals surface area contributed by atoms with Gasteiger partial charge in [-0.15, -0.1) is 0 Å². The summed E-state index contributed by atoms with van der Waals surface area (Å²) in [4.78, 5) is 43.2. The van der Waals surface area contributed by atoms with Crippen molar-refractivity contribution in [3.8, 4) is 0 Å². The molecule has 0 aromatic heterocycles. The molecule has 1 amide bonds. The lowest BCUT2D eigenvalue weighted by Crippen LogP contribution is -2.49. The fraction of sp³-hybridized carbons (Fsp3) is 0.556. The Kier molecular flexibility index (Phi) is 6.53. The molecule has 0 aliphatic heterocycles. The van der Waals surface area contributed by atoms with E-state index in [1.54, 1.807) is 0 Å². The molecule has 0 spiro atoms. The van der Waals surface area contributed by atoms with Crippen molar-refractivity contribution in [2.45, 2.75) is 24.9 Å². The number of Topliss-reactive ketones (excluding diaryl/α,β-unsaturated/α-hetero) is 1. The normalized spacial score (nSPS) is 13.4. The molecule has 0 aromatic rings. The van der Waals surface area contributed by atoms with E-state index >= 15 is 0 Å². The second-order valence-electron chi connectivity index (χ2n) is 3.50. The molecule has 18 heavy (non-hydrogen) atoms. The molecule has 0 saturated carbocycles. The molecular formula is C9H14N2O7. The maximum atomic E-state index is 11.4. The van der Waals surface area contributed by atoms with Crippen LogP contribution in [0.4, 0.5) is 0 Å². The van der Waals surface area contributed by atoms with Crippen LogP contribution in [0.15, 0.2) is 0 Å². The summed E-state index contributed by atoms with van der Waals surface area (Å²) in [5, 5.41) is 27.4. The third-order valence-electron chi connectivity index (χ3n) is 1.95. The number of carboxylic acids is 2. The van der Waals surface area contributed by atoms with Crippen molar-refractivity contribution in [2.75, 3.05) is 6.61 Å². The molecule has 102 valence electrons. The lowest BCUT2D eigenvalue weighted by Gasteiger charge is -2.15. The van der Waals surface area contributed by atoms with E-state index in [0.29, 0.717) is 0 Å². The van der Waals surface area contributed by atoms with Gasteiger partial charge in [0.25, 0.3) is 0 Å². The summed E-state index contributed by atoms with van der Waals surface area (Å²) in [6.45, 7) is -0.779. The van der Waals surface area contributed by atoms with Crippen LogP contribution in [0, 0.1) is 0 Å². The van der Waals surface area contributed by atoms with Crippen molar-refractivity contribution in [1.82, 2.24) is 5.32 Å². The monoisotopic (exact) mass is 262 g/mol. The standard InChI is InChI=1S/C9H14N2O7/c10-5(1-4(13)3-12)8(16)11-6(9(17)18)2-7(14)15/h5-6,12H,1-3,10H2,(H,11,16)(H,14,15)(H,17,18)/t5-,6-/m0/s1. The fourth-order valence-corrected chi connectivity index (χ4v) is 1.06. The zero-order valence-electron chi connectivity index (χ0n) is 9.33. The van der Waals surface area contributed by atoms with Gasteiger partial charge in [0.15, 0.2) is 5.78 Å². The van der Waals surface area contributed by atoms with E-state index in [4.69, 9.17) is 21.1 Å². The number of hydrogen-bond donors (Lipinski definition) is 5. The van der Waals surface area contributed by atoms with Gasteiger partial charge in [-0.25, -0.2) is 4.79 Å². The molecule has 6 N–H and O–H groups in total. The lowest BCUT2D eigenvalue weighted by molar-refractivity contribution is -0.147. The first-order valence-electron chi connectivity index (χ1n) is 4.91. The fourth-order valence-electron chi connectivity index (χ4n) is 1.06. The summed E-state index contributed by atoms with van der Waals surface area (Å²) >= 11 is 0. The summed E-state index contributed by atoms with van der Waals surface area (Å²) in [6, 6.07) is -2.95. The molecule has 0 radical (unpaired) electrons. The van der Waals surface area contributed by atoms with Gasteiger partial charge in [0.1, 0.15) is 12.6 Å². The van der Waals surface area contributed by atoms with Gasteiger partial charge in [-0.05, 0) is 0 Å². The highest BCUT2D eigenvalue weighted by molar-refractivity contribution is 5.92. The Bertz CT molecular complexity index is 355. The van der Waals surface area contributed by atoms with Crippen molar-refractivity contribution >= 4 is 23.6 Å². The molecule has 0 bridgehead atoms. The predicted molar refractivity (Wildman–Crippen MR) is 56.5 cm³/mol. The third-order valence-corrected chi connectivity index (χ3v) is 1.95. The van der Waals surface area contributed by atoms with Crippen molar-refractivity contribution < 1.29 is 34.5 Å². The van der Waals surface area contributed by atoms with Crippen molar-refractivity contribution in [1.29, 1.82) is 0 Å². The number of aliphatic hydroxyl groups excluding tert-OH is 1. The Morgan fingerprint density at radius 1 is 1.11 bits per heavy atom. The molecule has 0 heterocycles. The van der Waals surface area contributed by atoms with Crippen LogP contribution in [0.25, 0.3) is 0 Å². The van der Waals surface area contributed by atoms with Gasteiger partial charge in [-0.2, -0.15) is 0 Å². The van der Waals surface area contributed by atoms with Gasteiger partial charge in [-0.3, -0.25) is 14.4 Å². The molecule has 9 heteroatoms. The second-order valence-corrected chi connectivity index (χ2v) is 3.50. The largest absolute Gasteiger partial charge is 0.481 e. The van der Waals surface area contributed by atoms with E-state index in [1.165, 1.54) is 0 Å². The number of carboxylic acid groups (broad SMARTS) is 2. The highest BCUT2D eigenvalue weighted by Gasteiger charge is 2.26. The second kappa shape index (κ2) is 7.35. The van der Waals surface area contributed by atoms with Gasteiger partial charge >= 0.3 is 11.9 Å². The minimum absolute atomic E-state index is 0.457. The van der Waals surface area contributed by atoms with Crippen LogP contribution >= 0.6 is 0 Å². The van der Waals surface area contributed by atoms with Gasteiger partial charge in [-0.1, -0.05) is 0 Å². The number of aliphatic hydroxyl groups is 1. The van der Waals surface area contributed by atoms with Gasteiger partial charge < -0.3 is 26.4 Å². The smallest absolute Gasteiger partial charge is 0.326 e. The van der Waals surface area contributed by atoms with Crippen LogP contribution in [-0.4, -0.2) is 57.6 Å². The molecule has 0 fully saturated rings. The lowest BCUT2D eigenvalue weighted by atomic mass is 10.1. The Balaban J connectivity index is 4.45. The van der Waals surface area contributed by atoms with Crippen molar-refractivity contribution in [3.63, 3.8) is 0 Å². The number of nitrogens with one attached hydrogen (secondary N) is 1. The van der Waals surface area contributed by atoms with E-state index in [9.17, 15) is 19.2 Å². The Labute approximate surface area is 102 Å². The highest BCUT2D eigenvalue weighted by Crippen LogP contribution is 1.96. The number of aliphatic carboxylic acids is 2. The zero-order chi connectivity index (χ0) is 14.3. The van der Waals surface area contributed by atoms with Crippen LogP contribution < -0.4 is 11.1 Å². The first-order valence-corrected chi connectivity index (χ1v) is 4.91. The Morgan fingerprint density at radius 3 is 2.06 bits per heavy atom. The van der Waals surface area contributed by atoms with Crippen LogP contribution in [0.2, 0.25) is 0 Å². The average molecular weight is 262 g/mol. The molecule has 0 saturated heterocycles. The summed E-state index contributed by atoms with van der Waals surface area (Å²) in [7, 11) is 0. The number of carbonyl (C=O) groups is 4. The molecule has 9 nitrogen and oxygen atoms in total. The summed E-state index contributed by atoms with van der Waals surface area (Å²) < 4.78 is 0. The average Bonchev–Trinajstić information content (AvgIpc) is 2.26. The minimum atomic E-state index is -1.62. The number of carbonyl (C=O) groups excluding carboxylic acids is 2. The maximum absolute atomic E-state index is 11.4. The SMILES string of the molecule is N[C@@H](CC(=O)CO)C(=O)N[C@@H](CC(=O)O)C(=O)O. The summed E-state index contributed by atoms with van der Waals surface area (Å²) in [5.74, 6) is -4.57. The molecule has 0 unspecified atom stereocenters. The van der Waals surface area contributed by atoms with Crippen molar-refractivity contribution in [2.24, 2.45) is 5.73 Å². The van der Waals surface area contributed by atoms with Crippen molar-refractivity contribution in [3.05, 3.63) is 0 Å². The Hall–Kier alpha value is -2.00. The van der Waals surface area contributed by atoms with Gasteiger partial charge in [0.2, 0.25) is 5.91 Å². The number of hydrogen-bond acceptors (Lipinski definition) is 6. The highest BCUT2D eigenvalue weighted by atomic mass is 16.4. The number of ketones is 1. The van der Waals surface area contributed by atoms with Crippen LogP contribution in [0.1, 0.15) is 12.8 Å². The Morgan fingerprint density at radius 2 is 1.67 bits per heavy atom. The van der Waals surface area contributed by atoms with E-state index in [-0.39, 0.29) is 0 Å². The molecular weight excluding hydrogens is 248 g/mol. The molecule has 0 aromatic carbocycles. The van der Waals surface area contributed by atoms with Gasteiger partial charge in [0.05, 0.1) is 12.5 Å². The van der Waals surface area contributed by atoms with E-state index < -0.39 is 55.2 Å². The quantitative estimate of drug-likeness (QED) is 0.315. The third kappa shape index (κ3) is 5.92.